The average molecular weight is 293 g/mol. The number of furan rings is 1. The zero-order chi connectivity index (χ0) is 14.3. The third-order valence-corrected chi connectivity index (χ3v) is 5.33. The summed E-state index contributed by atoms with van der Waals surface area (Å²) in [6.07, 6.45) is 0.475. The molecule has 0 radical (unpaired) electrons. The Morgan fingerprint density at radius 2 is 2.10 bits per heavy atom. The fraction of sp³-hybridized carbons (Fsp3) is 0.357. The molecule has 1 N–H and O–H groups in total. The Labute approximate surface area is 116 Å². The highest BCUT2D eigenvalue weighted by atomic mass is 32.2. The predicted molar refractivity (Wildman–Crippen MR) is 75.5 cm³/mol. The van der Waals surface area contributed by atoms with Crippen molar-refractivity contribution in [1.82, 2.24) is 5.32 Å². The summed E-state index contributed by atoms with van der Waals surface area (Å²) in [6, 6.07) is 7.01. The third kappa shape index (κ3) is 2.31. The van der Waals surface area contributed by atoms with E-state index in [4.69, 9.17) is 4.42 Å². The Kier molecular flexibility index (Phi) is 3.05. The van der Waals surface area contributed by atoms with Crippen molar-refractivity contribution in [2.75, 3.05) is 11.5 Å². The molecule has 2 aromatic rings. The number of rotatable bonds is 2. The number of sulfone groups is 1. The molecule has 0 spiro atoms. The first-order valence-corrected chi connectivity index (χ1v) is 8.28. The molecule has 1 saturated heterocycles. The van der Waals surface area contributed by atoms with Crippen molar-refractivity contribution in [2.45, 2.75) is 19.4 Å². The van der Waals surface area contributed by atoms with Gasteiger partial charge in [-0.25, -0.2) is 8.42 Å². The molecule has 6 heteroatoms. The molecule has 1 amide bonds. The first-order chi connectivity index (χ1) is 9.46. The molecule has 2 heterocycles. The molecular formula is C14H15NO4S. The molecule has 1 unspecified atom stereocenters. The fourth-order valence-corrected chi connectivity index (χ4v) is 4.29. The topological polar surface area (TPSA) is 76.4 Å². The van der Waals surface area contributed by atoms with Gasteiger partial charge >= 0.3 is 0 Å². The Bertz CT molecular complexity index is 776. The minimum absolute atomic E-state index is 0.0214. The fourth-order valence-electron chi connectivity index (χ4n) is 2.62. The van der Waals surface area contributed by atoms with Crippen molar-refractivity contribution >= 4 is 26.7 Å². The summed E-state index contributed by atoms with van der Waals surface area (Å²) in [5.74, 6) is 0.440. The van der Waals surface area contributed by atoms with Gasteiger partial charge in [-0.2, -0.15) is 0 Å². The zero-order valence-electron chi connectivity index (χ0n) is 11.0. The Morgan fingerprint density at radius 1 is 1.35 bits per heavy atom. The summed E-state index contributed by atoms with van der Waals surface area (Å²) in [7, 11) is -3.00. The lowest BCUT2D eigenvalue weighted by atomic mass is 10.1. The van der Waals surface area contributed by atoms with E-state index in [0.717, 1.165) is 5.39 Å². The first-order valence-electron chi connectivity index (χ1n) is 6.46. The van der Waals surface area contributed by atoms with E-state index in [2.05, 4.69) is 5.32 Å². The second kappa shape index (κ2) is 4.63. The van der Waals surface area contributed by atoms with Crippen LogP contribution in [-0.4, -0.2) is 31.9 Å². The SMILES string of the molecule is Cc1oc2ccccc2c1C(=O)NC1CCS(=O)(=O)C1. The number of hydrogen-bond donors (Lipinski definition) is 1. The average Bonchev–Trinajstić information content (AvgIpc) is 2.88. The third-order valence-electron chi connectivity index (χ3n) is 3.57. The van der Waals surface area contributed by atoms with E-state index < -0.39 is 9.84 Å². The summed E-state index contributed by atoms with van der Waals surface area (Å²) in [5, 5.41) is 3.54. The Balaban J connectivity index is 1.88. The summed E-state index contributed by atoms with van der Waals surface area (Å²) in [4.78, 5) is 12.3. The van der Waals surface area contributed by atoms with Crippen LogP contribution in [-0.2, 0) is 9.84 Å². The van der Waals surface area contributed by atoms with Crippen molar-refractivity contribution in [3.05, 3.63) is 35.6 Å². The molecule has 106 valence electrons. The number of para-hydroxylation sites is 1. The normalized spacial score (nSPS) is 21.1. The van der Waals surface area contributed by atoms with E-state index in [1.807, 2.05) is 18.2 Å². The van der Waals surface area contributed by atoms with Gasteiger partial charge in [-0.15, -0.1) is 0 Å². The van der Waals surface area contributed by atoms with Crippen LogP contribution in [0.4, 0.5) is 0 Å². The molecule has 3 rings (SSSR count). The van der Waals surface area contributed by atoms with Crippen molar-refractivity contribution in [3.8, 4) is 0 Å². The van der Waals surface area contributed by atoms with Crippen LogP contribution >= 0.6 is 0 Å². The number of hydrogen-bond acceptors (Lipinski definition) is 4. The second-order valence-corrected chi connectivity index (χ2v) is 7.33. The predicted octanol–water partition coefficient (Wildman–Crippen LogP) is 1.66. The molecule has 1 aromatic carbocycles. The number of amides is 1. The van der Waals surface area contributed by atoms with E-state index in [1.54, 1.807) is 13.0 Å². The van der Waals surface area contributed by atoms with Gasteiger partial charge in [0.2, 0.25) is 0 Å². The maximum atomic E-state index is 12.3. The molecule has 0 bridgehead atoms. The van der Waals surface area contributed by atoms with Crippen molar-refractivity contribution < 1.29 is 17.6 Å². The quantitative estimate of drug-likeness (QED) is 0.913. The van der Waals surface area contributed by atoms with Gasteiger partial charge in [0, 0.05) is 11.4 Å². The summed E-state index contributed by atoms with van der Waals surface area (Å²) < 4.78 is 28.4. The molecule has 20 heavy (non-hydrogen) atoms. The Hall–Kier alpha value is -1.82. The minimum Gasteiger partial charge on any atom is -0.461 e. The van der Waals surface area contributed by atoms with Crippen LogP contribution in [0.25, 0.3) is 11.0 Å². The summed E-state index contributed by atoms with van der Waals surface area (Å²) in [6.45, 7) is 1.74. The molecule has 1 aromatic heterocycles. The van der Waals surface area contributed by atoms with E-state index in [0.29, 0.717) is 23.3 Å². The lowest BCUT2D eigenvalue weighted by Gasteiger charge is -2.10. The highest BCUT2D eigenvalue weighted by Crippen LogP contribution is 2.25. The van der Waals surface area contributed by atoms with Gasteiger partial charge < -0.3 is 9.73 Å². The molecule has 1 atom stereocenters. The van der Waals surface area contributed by atoms with E-state index in [1.165, 1.54) is 0 Å². The number of fused-ring (bicyclic) bond motifs is 1. The Morgan fingerprint density at radius 3 is 2.80 bits per heavy atom. The van der Waals surface area contributed by atoms with Gasteiger partial charge in [-0.3, -0.25) is 4.79 Å². The number of carbonyl (C=O) groups excluding carboxylic acids is 1. The maximum Gasteiger partial charge on any atom is 0.255 e. The van der Waals surface area contributed by atoms with Gasteiger partial charge in [0.15, 0.2) is 9.84 Å². The van der Waals surface area contributed by atoms with Crippen LogP contribution in [0, 0.1) is 6.92 Å². The van der Waals surface area contributed by atoms with Gasteiger partial charge in [0.1, 0.15) is 11.3 Å². The summed E-state index contributed by atoms with van der Waals surface area (Å²) in [5.41, 5.74) is 1.15. The van der Waals surface area contributed by atoms with Crippen molar-refractivity contribution in [1.29, 1.82) is 0 Å². The van der Waals surface area contributed by atoms with Crippen LogP contribution in [0.1, 0.15) is 22.5 Å². The van der Waals surface area contributed by atoms with Crippen LogP contribution in [0.3, 0.4) is 0 Å². The van der Waals surface area contributed by atoms with Gasteiger partial charge in [0.25, 0.3) is 5.91 Å². The van der Waals surface area contributed by atoms with Crippen molar-refractivity contribution in [3.63, 3.8) is 0 Å². The van der Waals surface area contributed by atoms with Crippen molar-refractivity contribution in [2.24, 2.45) is 0 Å². The standard InChI is InChI=1S/C14H15NO4S/c1-9-13(11-4-2-3-5-12(11)19-9)14(16)15-10-6-7-20(17,18)8-10/h2-5,10H,6-8H2,1H3,(H,15,16). The van der Waals surface area contributed by atoms with Crippen LogP contribution in [0.2, 0.25) is 0 Å². The van der Waals surface area contributed by atoms with Gasteiger partial charge in [0.05, 0.1) is 17.1 Å². The number of benzene rings is 1. The molecule has 1 aliphatic heterocycles. The molecule has 0 aliphatic carbocycles. The van der Waals surface area contributed by atoms with E-state index in [9.17, 15) is 13.2 Å². The summed E-state index contributed by atoms with van der Waals surface area (Å²) >= 11 is 0. The van der Waals surface area contributed by atoms with Crippen LogP contribution < -0.4 is 5.32 Å². The molecular weight excluding hydrogens is 278 g/mol. The van der Waals surface area contributed by atoms with E-state index >= 15 is 0 Å². The van der Waals surface area contributed by atoms with Gasteiger partial charge in [-0.05, 0) is 19.4 Å². The zero-order valence-corrected chi connectivity index (χ0v) is 11.9. The second-order valence-electron chi connectivity index (χ2n) is 5.10. The minimum atomic E-state index is -3.00. The molecule has 1 fully saturated rings. The highest BCUT2D eigenvalue weighted by Gasteiger charge is 2.30. The molecule has 0 saturated carbocycles. The van der Waals surface area contributed by atoms with Gasteiger partial charge in [-0.1, -0.05) is 18.2 Å². The largest absolute Gasteiger partial charge is 0.461 e. The molecule has 5 nitrogen and oxygen atoms in total. The lowest BCUT2D eigenvalue weighted by molar-refractivity contribution is 0.0941. The number of carbonyl (C=O) groups is 1. The van der Waals surface area contributed by atoms with E-state index in [-0.39, 0.29) is 23.5 Å². The smallest absolute Gasteiger partial charge is 0.255 e. The lowest BCUT2D eigenvalue weighted by Crippen LogP contribution is -2.35. The highest BCUT2D eigenvalue weighted by molar-refractivity contribution is 7.91. The number of aryl methyl sites for hydroxylation is 1. The monoisotopic (exact) mass is 293 g/mol. The van der Waals surface area contributed by atoms with Crippen LogP contribution in [0.15, 0.2) is 28.7 Å². The maximum absolute atomic E-state index is 12.3. The molecule has 1 aliphatic rings. The first kappa shape index (κ1) is 13.2. The number of nitrogens with one attached hydrogen (secondary N) is 1. The van der Waals surface area contributed by atoms with Crippen LogP contribution in [0.5, 0.6) is 0 Å².